The van der Waals surface area contributed by atoms with Gasteiger partial charge in [0, 0.05) is 23.4 Å². The predicted molar refractivity (Wildman–Crippen MR) is 69.4 cm³/mol. The molecule has 2 unspecified atom stereocenters. The van der Waals surface area contributed by atoms with Crippen LogP contribution in [0.15, 0.2) is 12.1 Å². The maximum atomic E-state index is 5.98. The third-order valence-electron chi connectivity index (χ3n) is 3.51. The number of halogens is 1. The van der Waals surface area contributed by atoms with E-state index >= 15 is 0 Å². The minimum atomic E-state index is 0.239. The minimum Gasteiger partial charge on any atom is -0.378 e. The largest absolute Gasteiger partial charge is 0.378 e. The van der Waals surface area contributed by atoms with Crippen LogP contribution >= 0.6 is 22.9 Å². The Morgan fingerprint density at radius 2 is 2.44 bits per heavy atom. The Morgan fingerprint density at radius 3 is 2.94 bits per heavy atom. The molecule has 1 aromatic heterocycles. The molecule has 1 aliphatic heterocycles. The molecule has 1 N–H and O–H groups in total. The SMILES string of the molecule is CNCC1(Cc2ccc(Cl)s2)CCOC1C. The van der Waals surface area contributed by atoms with E-state index in [1.54, 1.807) is 11.3 Å². The van der Waals surface area contributed by atoms with E-state index in [9.17, 15) is 0 Å². The van der Waals surface area contributed by atoms with Crippen molar-refractivity contribution < 1.29 is 4.74 Å². The van der Waals surface area contributed by atoms with Gasteiger partial charge in [0.15, 0.2) is 0 Å². The number of thiophene rings is 1. The second-order valence-corrected chi connectivity index (χ2v) is 6.34. The molecular formula is C12H18ClNOS. The molecule has 1 saturated heterocycles. The third kappa shape index (κ3) is 2.43. The van der Waals surface area contributed by atoms with Gasteiger partial charge in [-0.25, -0.2) is 0 Å². The first kappa shape index (κ1) is 12.4. The topological polar surface area (TPSA) is 21.3 Å². The quantitative estimate of drug-likeness (QED) is 0.898. The Balaban J connectivity index is 2.14. The zero-order chi connectivity index (χ0) is 11.6. The van der Waals surface area contributed by atoms with Crippen LogP contribution in [0, 0.1) is 5.41 Å². The Bertz CT molecular complexity index is 355. The molecule has 0 radical (unpaired) electrons. The highest BCUT2D eigenvalue weighted by atomic mass is 35.5. The van der Waals surface area contributed by atoms with Gasteiger partial charge in [-0.2, -0.15) is 0 Å². The van der Waals surface area contributed by atoms with Crippen molar-refractivity contribution in [2.75, 3.05) is 20.2 Å². The Hall–Kier alpha value is -0.0900. The molecule has 0 saturated carbocycles. The lowest BCUT2D eigenvalue weighted by atomic mass is 9.78. The molecule has 4 heteroatoms. The smallest absolute Gasteiger partial charge is 0.0931 e. The highest BCUT2D eigenvalue weighted by molar-refractivity contribution is 7.16. The fraction of sp³-hybridized carbons (Fsp3) is 0.667. The highest BCUT2D eigenvalue weighted by Gasteiger charge is 2.41. The lowest BCUT2D eigenvalue weighted by Gasteiger charge is -2.31. The van der Waals surface area contributed by atoms with Gasteiger partial charge in [-0.1, -0.05) is 11.6 Å². The zero-order valence-corrected chi connectivity index (χ0v) is 11.3. The van der Waals surface area contributed by atoms with Crippen LogP contribution in [0.4, 0.5) is 0 Å². The van der Waals surface area contributed by atoms with Crippen LogP contribution in [-0.2, 0) is 11.2 Å². The molecule has 0 bridgehead atoms. The molecule has 0 aromatic carbocycles. The van der Waals surface area contributed by atoms with E-state index in [2.05, 4.69) is 18.3 Å². The average molecular weight is 260 g/mol. The first-order valence-corrected chi connectivity index (χ1v) is 6.86. The van der Waals surface area contributed by atoms with Gasteiger partial charge in [0.05, 0.1) is 10.4 Å². The molecule has 2 rings (SSSR count). The summed E-state index contributed by atoms with van der Waals surface area (Å²) in [4.78, 5) is 1.36. The van der Waals surface area contributed by atoms with Crippen molar-refractivity contribution in [1.82, 2.24) is 5.32 Å². The van der Waals surface area contributed by atoms with Crippen molar-refractivity contribution in [2.45, 2.75) is 25.9 Å². The lowest BCUT2D eigenvalue weighted by molar-refractivity contribution is 0.0644. The summed E-state index contributed by atoms with van der Waals surface area (Å²) < 4.78 is 6.61. The minimum absolute atomic E-state index is 0.239. The Labute approximate surface area is 106 Å². The predicted octanol–water partition coefficient (Wildman–Crippen LogP) is 2.96. The maximum absolute atomic E-state index is 5.98. The van der Waals surface area contributed by atoms with Gasteiger partial charge in [-0.15, -0.1) is 11.3 Å². The van der Waals surface area contributed by atoms with E-state index in [1.165, 1.54) is 4.88 Å². The summed E-state index contributed by atoms with van der Waals surface area (Å²) in [6, 6.07) is 4.12. The number of rotatable bonds is 4. The van der Waals surface area contributed by atoms with E-state index < -0.39 is 0 Å². The van der Waals surface area contributed by atoms with Crippen molar-refractivity contribution in [3.05, 3.63) is 21.3 Å². The monoisotopic (exact) mass is 259 g/mol. The van der Waals surface area contributed by atoms with Crippen molar-refractivity contribution in [2.24, 2.45) is 5.41 Å². The number of ether oxygens (including phenoxy) is 1. The van der Waals surface area contributed by atoms with Gasteiger partial charge in [0.25, 0.3) is 0 Å². The average Bonchev–Trinajstić information content (AvgIpc) is 2.77. The van der Waals surface area contributed by atoms with Crippen molar-refractivity contribution in [1.29, 1.82) is 0 Å². The van der Waals surface area contributed by atoms with Crippen molar-refractivity contribution in [3.63, 3.8) is 0 Å². The molecule has 0 amide bonds. The Kier molecular flexibility index (Phi) is 3.90. The second-order valence-electron chi connectivity index (χ2n) is 4.54. The summed E-state index contributed by atoms with van der Waals surface area (Å²) in [6.45, 7) is 4.06. The molecule has 0 aliphatic carbocycles. The summed E-state index contributed by atoms with van der Waals surface area (Å²) in [5.74, 6) is 0. The Morgan fingerprint density at radius 1 is 1.62 bits per heavy atom. The fourth-order valence-electron chi connectivity index (χ4n) is 2.49. The summed E-state index contributed by atoms with van der Waals surface area (Å²) in [7, 11) is 2.01. The van der Waals surface area contributed by atoms with Gasteiger partial charge in [-0.3, -0.25) is 0 Å². The molecule has 90 valence electrons. The fourth-order valence-corrected chi connectivity index (χ4v) is 3.73. The molecule has 0 spiro atoms. The molecular weight excluding hydrogens is 242 g/mol. The van der Waals surface area contributed by atoms with Gasteiger partial charge in [0.2, 0.25) is 0 Å². The van der Waals surface area contributed by atoms with E-state index in [1.807, 2.05) is 13.1 Å². The zero-order valence-electron chi connectivity index (χ0n) is 9.75. The van der Waals surface area contributed by atoms with E-state index in [4.69, 9.17) is 16.3 Å². The first-order valence-electron chi connectivity index (χ1n) is 5.67. The number of hydrogen-bond acceptors (Lipinski definition) is 3. The van der Waals surface area contributed by atoms with E-state index in [0.29, 0.717) is 6.10 Å². The van der Waals surface area contributed by atoms with Crippen LogP contribution in [-0.4, -0.2) is 26.3 Å². The van der Waals surface area contributed by atoms with Crippen LogP contribution in [0.3, 0.4) is 0 Å². The molecule has 2 atom stereocenters. The lowest BCUT2D eigenvalue weighted by Crippen LogP contribution is -2.39. The maximum Gasteiger partial charge on any atom is 0.0931 e. The first-order chi connectivity index (χ1) is 7.66. The van der Waals surface area contributed by atoms with E-state index in [-0.39, 0.29) is 5.41 Å². The summed E-state index contributed by atoms with van der Waals surface area (Å²) in [5.41, 5.74) is 0.239. The molecule has 1 fully saturated rings. The van der Waals surface area contributed by atoms with E-state index in [0.717, 1.165) is 30.3 Å². The standard InChI is InChI=1S/C12H18ClNOS/c1-9-12(8-14-2,5-6-15-9)7-10-3-4-11(13)16-10/h3-4,9,14H,5-8H2,1-2H3. The van der Waals surface area contributed by atoms with Crippen LogP contribution < -0.4 is 5.32 Å². The normalized spacial score (nSPS) is 29.8. The highest BCUT2D eigenvalue weighted by Crippen LogP contribution is 2.39. The summed E-state index contributed by atoms with van der Waals surface area (Å²) in [5, 5.41) is 3.30. The van der Waals surface area contributed by atoms with Crippen LogP contribution in [0.2, 0.25) is 4.34 Å². The number of nitrogens with one attached hydrogen (secondary N) is 1. The summed E-state index contributed by atoms with van der Waals surface area (Å²) >= 11 is 7.66. The number of hydrogen-bond donors (Lipinski definition) is 1. The molecule has 2 heterocycles. The molecule has 1 aliphatic rings. The molecule has 16 heavy (non-hydrogen) atoms. The van der Waals surface area contributed by atoms with Gasteiger partial charge < -0.3 is 10.1 Å². The van der Waals surface area contributed by atoms with Gasteiger partial charge >= 0.3 is 0 Å². The summed E-state index contributed by atoms with van der Waals surface area (Å²) in [6.07, 6.45) is 2.51. The van der Waals surface area contributed by atoms with Crippen molar-refractivity contribution >= 4 is 22.9 Å². The third-order valence-corrected chi connectivity index (χ3v) is 4.75. The van der Waals surface area contributed by atoms with Crippen molar-refractivity contribution in [3.8, 4) is 0 Å². The molecule has 2 nitrogen and oxygen atoms in total. The molecule has 1 aromatic rings. The van der Waals surface area contributed by atoms with Crippen LogP contribution in [0.5, 0.6) is 0 Å². The van der Waals surface area contributed by atoms with Crippen LogP contribution in [0.25, 0.3) is 0 Å². The van der Waals surface area contributed by atoms with Gasteiger partial charge in [-0.05, 0) is 38.9 Å². The van der Waals surface area contributed by atoms with Gasteiger partial charge in [0.1, 0.15) is 0 Å². The van der Waals surface area contributed by atoms with Crippen LogP contribution in [0.1, 0.15) is 18.2 Å². The second kappa shape index (κ2) is 5.05.